The van der Waals surface area contributed by atoms with Crippen LogP contribution in [0.5, 0.6) is 11.5 Å². The second-order valence-electron chi connectivity index (χ2n) is 4.64. The molecule has 0 radical (unpaired) electrons. The summed E-state index contributed by atoms with van der Waals surface area (Å²) in [5.74, 6) is 1.76. The number of benzene rings is 1. The highest BCUT2D eigenvalue weighted by atomic mass is 16.5. The topological polar surface area (TPSA) is 30.5 Å². The van der Waals surface area contributed by atoms with Gasteiger partial charge in [-0.15, -0.1) is 0 Å². The van der Waals surface area contributed by atoms with Crippen molar-refractivity contribution in [2.45, 2.75) is 46.1 Å². The van der Waals surface area contributed by atoms with Crippen molar-refractivity contribution in [1.82, 2.24) is 5.32 Å². The van der Waals surface area contributed by atoms with Gasteiger partial charge in [0.2, 0.25) is 0 Å². The van der Waals surface area contributed by atoms with Crippen LogP contribution in [0.3, 0.4) is 0 Å². The molecule has 0 heterocycles. The Balaban J connectivity index is 2.54. The highest BCUT2D eigenvalue weighted by Crippen LogP contribution is 2.21. The third-order valence-corrected chi connectivity index (χ3v) is 2.83. The second kappa shape index (κ2) is 9.68. The van der Waals surface area contributed by atoms with Crippen molar-refractivity contribution in [2.24, 2.45) is 0 Å². The number of hydrogen-bond acceptors (Lipinski definition) is 3. The van der Waals surface area contributed by atoms with Crippen LogP contribution in [0.4, 0.5) is 0 Å². The predicted molar refractivity (Wildman–Crippen MR) is 80.1 cm³/mol. The van der Waals surface area contributed by atoms with E-state index in [0.29, 0.717) is 6.61 Å². The van der Waals surface area contributed by atoms with Crippen molar-refractivity contribution in [3.05, 3.63) is 24.3 Å². The van der Waals surface area contributed by atoms with E-state index in [0.717, 1.165) is 43.9 Å². The summed E-state index contributed by atoms with van der Waals surface area (Å²) in [4.78, 5) is 0. The monoisotopic (exact) mass is 265 g/mol. The quantitative estimate of drug-likeness (QED) is 0.655. The molecule has 0 aromatic heterocycles. The van der Waals surface area contributed by atoms with Crippen molar-refractivity contribution < 1.29 is 9.47 Å². The van der Waals surface area contributed by atoms with Crippen molar-refractivity contribution in [1.29, 1.82) is 0 Å². The minimum Gasteiger partial charge on any atom is -0.494 e. The molecule has 0 aliphatic rings. The van der Waals surface area contributed by atoms with Crippen LogP contribution in [0.2, 0.25) is 0 Å². The summed E-state index contributed by atoms with van der Waals surface area (Å²) >= 11 is 0. The summed E-state index contributed by atoms with van der Waals surface area (Å²) < 4.78 is 11.5. The zero-order chi connectivity index (χ0) is 13.9. The van der Waals surface area contributed by atoms with Crippen LogP contribution in [0.25, 0.3) is 0 Å². The number of rotatable bonds is 10. The van der Waals surface area contributed by atoms with E-state index in [2.05, 4.69) is 19.2 Å². The smallest absolute Gasteiger partial charge is 0.123 e. The van der Waals surface area contributed by atoms with Gasteiger partial charge in [-0.25, -0.2) is 0 Å². The van der Waals surface area contributed by atoms with Gasteiger partial charge in [-0.2, -0.15) is 0 Å². The molecule has 0 saturated carbocycles. The van der Waals surface area contributed by atoms with E-state index in [1.165, 1.54) is 0 Å². The molecule has 0 saturated heterocycles. The second-order valence-corrected chi connectivity index (χ2v) is 4.64. The molecule has 0 amide bonds. The first-order valence-corrected chi connectivity index (χ1v) is 7.40. The zero-order valence-electron chi connectivity index (χ0n) is 12.4. The van der Waals surface area contributed by atoms with Crippen molar-refractivity contribution in [3.8, 4) is 11.5 Å². The van der Waals surface area contributed by atoms with Crippen LogP contribution in [-0.4, -0.2) is 25.8 Å². The lowest BCUT2D eigenvalue weighted by atomic mass is 10.2. The van der Waals surface area contributed by atoms with E-state index in [9.17, 15) is 0 Å². The molecule has 0 bridgehead atoms. The molecule has 3 nitrogen and oxygen atoms in total. The summed E-state index contributed by atoms with van der Waals surface area (Å²) in [6.45, 7) is 8.98. The van der Waals surface area contributed by atoms with Crippen LogP contribution in [0.15, 0.2) is 24.3 Å². The SMILES string of the molecule is CCCNCC(CCC)Oc1cccc(OCC)c1. The lowest BCUT2D eigenvalue weighted by molar-refractivity contribution is 0.186. The summed E-state index contributed by atoms with van der Waals surface area (Å²) in [6, 6.07) is 7.89. The summed E-state index contributed by atoms with van der Waals surface area (Å²) in [5.41, 5.74) is 0. The van der Waals surface area contributed by atoms with Crippen LogP contribution in [0.1, 0.15) is 40.0 Å². The van der Waals surface area contributed by atoms with Crippen LogP contribution >= 0.6 is 0 Å². The highest BCUT2D eigenvalue weighted by molar-refractivity contribution is 5.33. The third-order valence-electron chi connectivity index (χ3n) is 2.83. The summed E-state index contributed by atoms with van der Waals surface area (Å²) in [5, 5.41) is 3.42. The van der Waals surface area contributed by atoms with Gasteiger partial charge in [0.05, 0.1) is 6.61 Å². The maximum atomic E-state index is 6.05. The highest BCUT2D eigenvalue weighted by Gasteiger charge is 2.09. The third kappa shape index (κ3) is 6.48. The number of ether oxygens (including phenoxy) is 2. The summed E-state index contributed by atoms with van der Waals surface area (Å²) in [7, 11) is 0. The first-order chi connectivity index (χ1) is 9.30. The van der Waals surface area contributed by atoms with Gasteiger partial charge in [0, 0.05) is 12.6 Å². The van der Waals surface area contributed by atoms with Crippen molar-refractivity contribution in [3.63, 3.8) is 0 Å². The molecule has 19 heavy (non-hydrogen) atoms. The number of nitrogens with one attached hydrogen (secondary N) is 1. The van der Waals surface area contributed by atoms with E-state index in [1.807, 2.05) is 31.2 Å². The molecular weight excluding hydrogens is 238 g/mol. The number of hydrogen-bond donors (Lipinski definition) is 1. The first-order valence-electron chi connectivity index (χ1n) is 7.40. The van der Waals surface area contributed by atoms with E-state index in [4.69, 9.17) is 9.47 Å². The van der Waals surface area contributed by atoms with Crippen molar-refractivity contribution >= 4 is 0 Å². The Morgan fingerprint density at radius 2 is 1.89 bits per heavy atom. The van der Waals surface area contributed by atoms with E-state index < -0.39 is 0 Å². The normalized spacial score (nSPS) is 12.2. The maximum Gasteiger partial charge on any atom is 0.123 e. The molecule has 108 valence electrons. The molecule has 1 N–H and O–H groups in total. The van der Waals surface area contributed by atoms with E-state index in [-0.39, 0.29) is 6.10 Å². The molecule has 3 heteroatoms. The molecule has 0 spiro atoms. The zero-order valence-corrected chi connectivity index (χ0v) is 12.4. The fourth-order valence-corrected chi connectivity index (χ4v) is 1.96. The summed E-state index contributed by atoms with van der Waals surface area (Å²) in [6.07, 6.45) is 3.58. The molecule has 0 aliphatic heterocycles. The van der Waals surface area contributed by atoms with Gasteiger partial charge in [0.25, 0.3) is 0 Å². The minimum atomic E-state index is 0.230. The van der Waals surface area contributed by atoms with E-state index in [1.54, 1.807) is 0 Å². The maximum absolute atomic E-state index is 6.05. The fraction of sp³-hybridized carbons (Fsp3) is 0.625. The van der Waals surface area contributed by atoms with Gasteiger partial charge in [0.15, 0.2) is 0 Å². The van der Waals surface area contributed by atoms with Crippen LogP contribution < -0.4 is 14.8 Å². The van der Waals surface area contributed by atoms with Gasteiger partial charge in [-0.3, -0.25) is 0 Å². The first kappa shape index (κ1) is 15.8. The lowest BCUT2D eigenvalue weighted by Crippen LogP contribution is -2.31. The van der Waals surface area contributed by atoms with Gasteiger partial charge < -0.3 is 14.8 Å². The Labute approximate surface area is 117 Å². The van der Waals surface area contributed by atoms with Crippen LogP contribution in [0, 0.1) is 0 Å². The Morgan fingerprint density at radius 3 is 2.58 bits per heavy atom. The van der Waals surface area contributed by atoms with Gasteiger partial charge >= 0.3 is 0 Å². The molecule has 1 unspecified atom stereocenters. The van der Waals surface area contributed by atoms with Crippen molar-refractivity contribution in [2.75, 3.05) is 19.7 Å². The van der Waals surface area contributed by atoms with Gasteiger partial charge in [-0.1, -0.05) is 26.3 Å². The molecule has 0 fully saturated rings. The average Bonchev–Trinajstić information content (AvgIpc) is 2.40. The molecule has 1 aromatic rings. The molecule has 1 aromatic carbocycles. The Bertz CT molecular complexity index is 341. The molecule has 1 rings (SSSR count). The Hall–Kier alpha value is -1.22. The minimum absolute atomic E-state index is 0.230. The molecule has 0 aliphatic carbocycles. The Morgan fingerprint density at radius 1 is 1.11 bits per heavy atom. The molecule has 1 atom stereocenters. The van der Waals surface area contributed by atoms with E-state index >= 15 is 0 Å². The predicted octanol–water partition coefficient (Wildman–Crippen LogP) is 3.63. The largest absolute Gasteiger partial charge is 0.494 e. The molecular formula is C16H27NO2. The fourth-order valence-electron chi connectivity index (χ4n) is 1.96. The standard InChI is InChI=1S/C16H27NO2/c1-4-8-16(13-17-11-5-2)19-15-10-7-9-14(12-15)18-6-3/h7,9-10,12,16-17H,4-6,8,11,13H2,1-3H3. The Kier molecular flexibility index (Phi) is 8.07. The van der Waals surface area contributed by atoms with Crippen LogP contribution in [-0.2, 0) is 0 Å². The average molecular weight is 265 g/mol. The van der Waals surface area contributed by atoms with Gasteiger partial charge in [0.1, 0.15) is 17.6 Å². The van der Waals surface area contributed by atoms with Gasteiger partial charge in [-0.05, 0) is 38.4 Å². The lowest BCUT2D eigenvalue weighted by Gasteiger charge is -2.19.